The zero-order valence-electron chi connectivity index (χ0n) is 17.6. The summed E-state index contributed by atoms with van der Waals surface area (Å²) in [5.74, 6) is 0.954. The van der Waals surface area contributed by atoms with Crippen LogP contribution in [0.4, 0.5) is 5.82 Å². The van der Waals surface area contributed by atoms with Crippen molar-refractivity contribution in [2.75, 3.05) is 63.9 Å². The van der Waals surface area contributed by atoms with Crippen molar-refractivity contribution in [3.63, 3.8) is 0 Å². The number of nitrogens with zero attached hydrogens (tertiary/aromatic N) is 6. The predicted molar refractivity (Wildman–Crippen MR) is 112 cm³/mol. The van der Waals surface area contributed by atoms with E-state index < -0.39 is 0 Å². The number of carbonyl (C=O) groups is 1. The molecule has 0 radical (unpaired) electrons. The molecule has 8 nitrogen and oxygen atoms in total. The maximum atomic E-state index is 13.2. The third-order valence-electron chi connectivity index (χ3n) is 5.67. The monoisotopic (exact) mass is 398 g/mol. The van der Waals surface area contributed by atoms with E-state index in [9.17, 15) is 4.79 Å². The molecule has 2 aliphatic heterocycles. The van der Waals surface area contributed by atoms with Gasteiger partial charge in [0, 0.05) is 45.0 Å². The Labute approximate surface area is 171 Å². The smallest absolute Gasteiger partial charge is 0.291 e. The van der Waals surface area contributed by atoms with Gasteiger partial charge in [-0.05, 0) is 38.4 Å². The molecule has 0 aromatic carbocycles. The first kappa shape index (κ1) is 20.0. The second-order valence-corrected chi connectivity index (χ2v) is 7.88. The van der Waals surface area contributed by atoms with Crippen LogP contribution in [0, 0.1) is 13.8 Å². The second-order valence-electron chi connectivity index (χ2n) is 7.88. The van der Waals surface area contributed by atoms with Crippen molar-refractivity contribution in [2.45, 2.75) is 27.2 Å². The molecule has 2 aromatic rings. The fraction of sp³-hybridized carbons (Fsp3) is 0.619. The zero-order chi connectivity index (χ0) is 20.4. The van der Waals surface area contributed by atoms with Crippen LogP contribution < -0.4 is 4.90 Å². The summed E-state index contributed by atoms with van der Waals surface area (Å²) in [4.78, 5) is 33.7. The highest BCUT2D eigenvalue weighted by molar-refractivity contribution is 5.97. The molecule has 0 aliphatic carbocycles. The van der Waals surface area contributed by atoms with Crippen molar-refractivity contribution in [2.24, 2.45) is 0 Å². The lowest BCUT2D eigenvalue weighted by atomic mass is 10.1. The number of morpholine rings is 1. The lowest BCUT2D eigenvalue weighted by Gasteiger charge is -2.34. The molecule has 0 unspecified atom stereocenters. The van der Waals surface area contributed by atoms with Crippen LogP contribution in [0.15, 0.2) is 6.07 Å². The average Bonchev–Trinajstić information content (AvgIpc) is 2.73. The summed E-state index contributed by atoms with van der Waals surface area (Å²) in [6, 6.07) is 2.05. The summed E-state index contributed by atoms with van der Waals surface area (Å²) in [5, 5.41) is 0.932. The molecule has 2 fully saturated rings. The minimum atomic E-state index is -0.0986. The molecule has 1 amide bonds. The minimum Gasteiger partial charge on any atom is -0.378 e. The van der Waals surface area contributed by atoms with Crippen molar-refractivity contribution in [1.82, 2.24) is 24.8 Å². The van der Waals surface area contributed by atoms with Crippen molar-refractivity contribution in [3.05, 3.63) is 23.1 Å². The summed E-state index contributed by atoms with van der Waals surface area (Å²) in [5.41, 5.74) is 2.58. The van der Waals surface area contributed by atoms with E-state index in [1.807, 2.05) is 17.9 Å². The van der Waals surface area contributed by atoms with Crippen LogP contribution in [-0.4, -0.2) is 89.7 Å². The van der Waals surface area contributed by atoms with Crippen LogP contribution in [-0.2, 0) is 4.74 Å². The van der Waals surface area contributed by atoms with Gasteiger partial charge in [-0.15, -0.1) is 0 Å². The van der Waals surface area contributed by atoms with Gasteiger partial charge in [0.2, 0.25) is 5.82 Å². The number of carbonyl (C=O) groups excluding carboxylic acids is 1. The number of aromatic nitrogens is 3. The van der Waals surface area contributed by atoms with E-state index >= 15 is 0 Å². The highest BCUT2D eigenvalue weighted by Crippen LogP contribution is 2.28. The third-order valence-corrected chi connectivity index (χ3v) is 5.67. The van der Waals surface area contributed by atoms with Gasteiger partial charge < -0.3 is 14.5 Å². The van der Waals surface area contributed by atoms with Crippen molar-refractivity contribution in [1.29, 1.82) is 0 Å². The number of amides is 1. The van der Waals surface area contributed by atoms with Crippen molar-refractivity contribution in [3.8, 4) is 0 Å². The van der Waals surface area contributed by atoms with Crippen LogP contribution in [0.25, 0.3) is 11.0 Å². The summed E-state index contributed by atoms with van der Waals surface area (Å²) in [6.07, 6.45) is 1.13. The van der Waals surface area contributed by atoms with Gasteiger partial charge in [-0.2, -0.15) is 0 Å². The van der Waals surface area contributed by atoms with Gasteiger partial charge >= 0.3 is 0 Å². The molecule has 8 heteroatoms. The van der Waals surface area contributed by atoms with Crippen LogP contribution in [0.5, 0.6) is 0 Å². The Morgan fingerprint density at radius 2 is 1.76 bits per heavy atom. The number of fused-ring (bicyclic) bond motifs is 1. The van der Waals surface area contributed by atoms with E-state index in [1.54, 1.807) is 0 Å². The van der Waals surface area contributed by atoms with E-state index in [0.29, 0.717) is 32.0 Å². The summed E-state index contributed by atoms with van der Waals surface area (Å²) in [7, 11) is 0. The minimum absolute atomic E-state index is 0.0986. The van der Waals surface area contributed by atoms with Gasteiger partial charge in [-0.25, -0.2) is 15.0 Å². The topological polar surface area (TPSA) is 74.7 Å². The molecule has 0 spiro atoms. The Kier molecular flexibility index (Phi) is 5.91. The fourth-order valence-electron chi connectivity index (χ4n) is 4.19. The molecule has 4 heterocycles. The Bertz CT molecular complexity index is 888. The standard InChI is InChI=1S/C21H30N6O2/c1-4-5-25-6-8-27(9-7-25)21(28)19-23-18-17(15(2)14-16(3)22-18)20(24-19)26-10-12-29-13-11-26/h14H,4-13H2,1-3H3. The molecule has 2 aromatic heterocycles. The van der Waals surface area contributed by atoms with E-state index in [-0.39, 0.29) is 11.7 Å². The van der Waals surface area contributed by atoms with Crippen molar-refractivity contribution < 1.29 is 9.53 Å². The molecule has 0 saturated carbocycles. The second kappa shape index (κ2) is 8.59. The molecule has 0 atom stereocenters. The third kappa shape index (κ3) is 4.18. The molecule has 0 N–H and O–H groups in total. The molecule has 0 bridgehead atoms. The van der Waals surface area contributed by atoms with Crippen LogP contribution in [0.2, 0.25) is 0 Å². The van der Waals surface area contributed by atoms with Gasteiger partial charge in [0.25, 0.3) is 5.91 Å². The fourth-order valence-corrected chi connectivity index (χ4v) is 4.19. The van der Waals surface area contributed by atoms with E-state index in [2.05, 4.69) is 33.6 Å². The number of hydrogen-bond donors (Lipinski definition) is 0. The number of hydrogen-bond acceptors (Lipinski definition) is 7. The first-order chi connectivity index (χ1) is 14.1. The quantitative estimate of drug-likeness (QED) is 0.775. The van der Waals surface area contributed by atoms with Crippen LogP contribution >= 0.6 is 0 Å². The largest absolute Gasteiger partial charge is 0.378 e. The number of ether oxygens (including phenoxy) is 1. The number of anilines is 1. The first-order valence-electron chi connectivity index (χ1n) is 10.6. The zero-order valence-corrected chi connectivity index (χ0v) is 17.6. The van der Waals surface area contributed by atoms with Gasteiger partial charge in [-0.3, -0.25) is 9.69 Å². The molecular weight excluding hydrogens is 368 g/mol. The Morgan fingerprint density at radius 3 is 2.45 bits per heavy atom. The molecule has 156 valence electrons. The Balaban J connectivity index is 1.68. The maximum Gasteiger partial charge on any atom is 0.291 e. The molecular formula is C21H30N6O2. The number of pyridine rings is 1. The lowest BCUT2D eigenvalue weighted by Crippen LogP contribution is -2.49. The highest BCUT2D eigenvalue weighted by Gasteiger charge is 2.27. The van der Waals surface area contributed by atoms with Gasteiger partial charge in [0.15, 0.2) is 5.65 Å². The maximum absolute atomic E-state index is 13.2. The Morgan fingerprint density at radius 1 is 1.03 bits per heavy atom. The molecule has 2 saturated heterocycles. The normalized spacial score (nSPS) is 18.4. The van der Waals surface area contributed by atoms with Crippen molar-refractivity contribution >= 4 is 22.8 Å². The van der Waals surface area contributed by atoms with Crippen LogP contribution in [0.1, 0.15) is 35.2 Å². The summed E-state index contributed by atoms with van der Waals surface area (Å²) < 4.78 is 5.50. The average molecular weight is 399 g/mol. The summed E-state index contributed by atoms with van der Waals surface area (Å²) >= 11 is 0. The summed E-state index contributed by atoms with van der Waals surface area (Å²) in [6.45, 7) is 13.3. The SMILES string of the molecule is CCCN1CCN(C(=O)c2nc(N3CCOCC3)c3c(C)cc(C)nc3n2)CC1. The predicted octanol–water partition coefficient (Wildman–Crippen LogP) is 1.65. The van der Waals surface area contributed by atoms with Gasteiger partial charge in [0.1, 0.15) is 5.82 Å². The number of aryl methyl sites for hydroxylation is 2. The Hall–Kier alpha value is -2.32. The van der Waals surface area contributed by atoms with E-state index in [4.69, 9.17) is 9.72 Å². The van der Waals surface area contributed by atoms with Crippen LogP contribution in [0.3, 0.4) is 0 Å². The first-order valence-corrected chi connectivity index (χ1v) is 10.6. The van der Waals surface area contributed by atoms with E-state index in [1.165, 1.54) is 0 Å². The highest BCUT2D eigenvalue weighted by atomic mass is 16.5. The molecule has 2 aliphatic rings. The lowest BCUT2D eigenvalue weighted by molar-refractivity contribution is 0.0626. The number of rotatable bonds is 4. The van der Waals surface area contributed by atoms with Gasteiger partial charge in [0.05, 0.1) is 18.6 Å². The number of piperazine rings is 1. The van der Waals surface area contributed by atoms with E-state index in [0.717, 1.165) is 61.6 Å². The molecule has 4 rings (SSSR count). The van der Waals surface area contributed by atoms with Gasteiger partial charge in [-0.1, -0.05) is 6.92 Å². The molecule has 29 heavy (non-hydrogen) atoms.